The van der Waals surface area contributed by atoms with Crippen molar-refractivity contribution in [2.24, 2.45) is 0 Å². The lowest BCUT2D eigenvalue weighted by Gasteiger charge is -2.03. The third kappa shape index (κ3) is 5.41. The Morgan fingerprint density at radius 3 is 2.71 bits per heavy atom. The molecule has 2 amide bonds. The van der Waals surface area contributed by atoms with Gasteiger partial charge in [0, 0.05) is 21.8 Å². The summed E-state index contributed by atoms with van der Waals surface area (Å²) in [5, 5.41) is 13.2. The summed E-state index contributed by atoms with van der Waals surface area (Å²) in [5.74, 6) is -1.18. The number of anilines is 2. The molecule has 0 fully saturated rings. The normalized spacial score (nSPS) is 10.5. The standard InChI is InChI=1S/C16H15N5O4S3/c1-2-25-15(24)13-14(28-21-20-13)18-11(22)6-9-8-27-16(17-9)19-12(23)7-10-4-3-5-26-10/h3-5,8H,2,6-7H2,1H3,(H,18,22)(H,17,19,23). The molecule has 3 heterocycles. The van der Waals surface area contributed by atoms with Crippen LogP contribution in [0.15, 0.2) is 22.9 Å². The molecule has 3 aromatic heterocycles. The fourth-order valence-corrected chi connectivity index (χ4v) is 4.13. The van der Waals surface area contributed by atoms with Crippen LogP contribution in [0.4, 0.5) is 10.1 Å². The minimum absolute atomic E-state index is 0.0164. The van der Waals surface area contributed by atoms with Crippen LogP contribution in [0.25, 0.3) is 0 Å². The summed E-state index contributed by atoms with van der Waals surface area (Å²) < 4.78 is 8.54. The smallest absolute Gasteiger partial charge is 0.362 e. The van der Waals surface area contributed by atoms with E-state index in [1.807, 2.05) is 17.5 Å². The Morgan fingerprint density at radius 2 is 1.96 bits per heavy atom. The van der Waals surface area contributed by atoms with Crippen molar-refractivity contribution >= 4 is 62.1 Å². The minimum Gasteiger partial charge on any atom is -0.461 e. The van der Waals surface area contributed by atoms with Crippen LogP contribution in [0.5, 0.6) is 0 Å². The van der Waals surface area contributed by atoms with E-state index in [2.05, 4.69) is 25.2 Å². The molecule has 0 aliphatic carbocycles. The van der Waals surface area contributed by atoms with E-state index in [1.165, 1.54) is 22.7 Å². The number of thiazole rings is 1. The van der Waals surface area contributed by atoms with Gasteiger partial charge in [-0.3, -0.25) is 9.59 Å². The molecule has 0 aromatic carbocycles. The summed E-state index contributed by atoms with van der Waals surface area (Å²) in [6, 6.07) is 3.78. The van der Waals surface area contributed by atoms with Crippen LogP contribution in [0, 0.1) is 0 Å². The molecule has 0 radical (unpaired) electrons. The van der Waals surface area contributed by atoms with Crippen molar-refractivity contribution < 1.29 is 19.1 Å². The average molecular weight is 438 g/mol. The summed E-state index contributed by atoms with van der Waals surface area (Å²) in [6.07, 6.45) is 0.263. The van der Waals surface area contributed by atoms with E-state index >= 15 is 0 Å². The van der Waals surface area contributed by atoms with E-state index in [-0.39, 0.29) is 42.0 Å². The maximum atomic E-state index is 12.2. The molecule has 28 heavy (non-hydrogen) atoms. The van der Waals surface area contributed by atoms with Gasteiger partial charge in [-0.1, -0.05) is 10.6 Å². The second kappa shape index (κ2) is 9.48. The maximum Gasteiger partial charge on any atom is 0.362 e. The van der Waals surface area contributed by atoms with E-state index < -0.39 is 5.97 Å². The molecule has 146 valence electrons. The molecule has 12 heteroatoms. The summed E-state index contributed by atoms with van der Waals surface area (Å²) in [5.41, 5.74) is 0.476. The minimum atomic E-state index is -0.643. The van der Waals surface area contributed by atoms with Crippen LogP contribution < -0.4 is 10.6 Å². The molecule has 0 spiro atoms. The topological polar surface area (TPSA) is 123 Å². The Bertz CT molecular complexity index is 967. The van der Waals surface area contributed by atoms with E-state index in [1.54, 1.807) is 12.3 Å². The third-order valence-electron chi connectivity index (χ3n) is 3.26. The summed E-state index contributed by atoms with van der Waals surface area (Å²) in [7, 11) is 0. The molecule has 0 bridgehead atoms. The first-order valence-electron chi connectivity index (χ1n) is 8.11. The molecular formula is C16H15N5O4S3. The number of hydrogen-bond donors (Lipinski definition) is 2. The van der Waals surface area contributed by atoms with E-state index in [4.69, 9.17) is 4.74 Å². The molecule has 0 saturated heterocycles. The number of thiophene rings is 1. The number of hydrogen-bond acceptors (Lipinski definition) is 10. The summed E-state index contributed by atoms with van der Waals surface area (Å²) >= 11 is 3.64. The molecule has 9 nitrogen and oxygen atoms in total. The molecule has 0 saturated carbocycles. The Hall–Kier alpha value is -2.70. The molecule has 2 N–H and O–H groups in total. The van der Waals surface area contributed by atoms with Crippen molar-refractivity contribution in [3.8, 4) is 0 Å². The van der Waals surface area contributed by atoms with Gasteiger partial charge in [-0.25, -0.2) is 9.78 Å². The molecule has 3 rings (SSSR count). The van der Waals surface area contributed by atoms with Gasteiger partial charge < -0.3 is 15.4 Å². The SMILES string of the molecule is CCOC(=O)c1nnsc1NC(=O)Cc1csc(NC(=O)Cc2cccs2)n1. The highest BCUT2D eigenvalue weighted by atomic mass is 32.1. The molecule has 0 aliphatic rings. The van der Waals surface area contributed by atoms with Gasteiger partial charge in [0.1, 0.15) is 0 Å². The highest BCUT2D eigenvalue weighted by Crippen LogP contribution is 2.20. The number of rotatable bonds is 8. The van der Waals surface area contributed by atoms with Gasteiger partial charge in [-0.05, 0) is 18.4 Å². The van der Waals surface area contributed by atoms with Gasteiger partial charge in [0.2, 0.25) is 17.5 Å². The predicted molar refractivity (Wildman–Crippen MR) is 107 cm³/mol. The first-order valence-corrected chi connectivity index (χ1v) is 10.6. The largest absolute Gasteiger partial charge is 0.461 e. The Kier molecular flexibility index (Phi) is 6.79. The number of nitrogens with zero attached hydrogens (tertiary/aromatic N) is 3. The third-order valence-corrected chi connectivity index (χ3v) is 5.59. The number of aromatic nitrogens is 3. The maximum absolute atomic E-state index is 12.2. The van der Waals surface area contributed by atoms with Crippen molar-refractivity contribution in [2.75, 3.05) is 17.2 Å². The number of carbonyl (C=O) groups is 3. The molecule has 0 atom stereocenters. The Balaban J connectivity index is 1.53. The van der Waals surface area contributed by atoms with Gasteiger partial charge in [-0.2, -0.15) is 0 Å². The Labute approximate surface area is 171 Å². The first kappa shape index (κ1) is 20.0. The summed E-state index contributed by atoms with van der Waals surface area (Å²) in [4.78, 5) is 41.2. The molecule has 0 aliphatic heterocycles. The number of carbonyl (C=O) groups excluding carboxylic acids is 3. The predicted octanol–water partition coefficient (Wildman–Crippen LogP) is 2.60. The quantitative estimate of drug-likeness (QED) is 0.519. The lowest BCUT2D eigenvalue weighted by Crippen LogP contribution is -2.17. The van der Waals surface area contributed by atoms with Crippen molar-refractivity contribution in [3.05, 3.63) is 39.2 Å². The van der Waals surface area contributed by atoms with Crippen molar-refractivity contribution in [1.29, 1.82) is 0 Å². The molecular weight excluding hydrogens is 422 g/mol. The van der Waals surface area contributed by atoms with Gasteiger partial charge in [0.05, 0.1) is 25.1 Å². The van der Waals surface area contributed by atoms with Crippen LogP contribution in [0.1, 0.15) is 28.0 Å². The lowest BCUT2D eigenvalue weighted by molar-refractivity contribution is -0.116. The molecule has 3 aromatic rings. The monoisotopic (exact) mass is 437 g/mol. The Morgan fingerprint density at radius 1 is 1.14 bits per heavy atom. The van der Waals surface area contributed by atoms with Crippen molar-refractivity contribution in [3.63, 3.8) is 0 Å². The molecule has 0 unspecified atom stereocenters. The first-order chi connectivity index (χ1) is 13.5. The second-order valence-electron chi connectivity index (χ2n) is 5.34. The van der Waals surface area contributed by atoms with Crippen LogP contribution >= 0.6 is 34.2 Å². The van der Waals surface area contributed by atoms with E-state index in [0.29, 0.717) is 10.8 Å². The number of esters is 1. The van der Waals surface area contributed by atoms with Crippen LogP contribution in [-0.4, -0.2) is 39.0 Å². The lowest BCUT2D eigenvalue weighted by atomic mass is 10.3. The van der Waals surface area contributed by atoms with Crippen LogP contribution in [0.2, 0.25) is 0 Å². The van der Waals surface area contributed by atoms with Gasteiger partial charge >= 0.3 is 5.97 Å². The number of ether oxygens (including phenoxy) is 1. The summed E-state index contributed by atoms with van der Waals surface area (Å²) in [6.45, 7) is 1.87. The zero-order valence-electron chi connectivity index (χ0n) is 14.6. The highest BCUT2D eigenvalue weighted by Gasteiger charge is 2.20. The second-order valence-corrected chi connectivity index (χ2v) is 7.99. The van der Waals surface area contributed by atoms with Gasteiger partial charge in [-0.15, -0.1) is 27.8 Å². The number of amides is 2. The highest BCUT2D eigenvalue weighted by molar-refractivity contribution is 7.14. The fourth-order valence-electron chi connectivity index (χ4n) is 2.12. The van der Waals surface area contributed by atoms with Gasteiger partial charge in [0.25, 0.3) is 0 Å². The van der Waals surface area contributed by atoms with Crippen molar-refractivity contribution in [1.82, 2.24) is 14.6 Å². The zero-order chi connectivity index (χ0) is 19.9. The van der Waals surface area contributed by atoms with Crippen LogP contribution in [0.3, 0.4) is 0 Å². The zero-order valence-corrected chi connectivity index (χ0v) is 17.1. The van der Waals surface area contributed by atoms with E-state index in [0.717, 1.165) is 16.4 Å². The van der Waals surface area contributed by atoms with Crippen molar-refractivity contribution in [2.45, 2.75) is 19.8 Å². The van der Waals surface area contributed by atoms with Gasteiger partial charge in [0.15, 0.2) is 10.1 Å². The average Bonchev–Trinajstić information content (AvgIpc) is 3.38. The van der Waals surface area contributed by atoms with E-state index in [9.17, 15) is 14.4 Å². The number of nitrogens with one attached hydrogen (secondary N) is 2. The fraction of sp³-hybridized carbons (Fsp3) is 0.250. The van der Waals surface area contributed by atoms with Crippen LogP contribution in [-0.2, 0) is 27.2 Å².